The summed E-state index contributed by atoms with van der Waals surface area (Å²) in [6, 6.07) is 9.00. The molecule has 1 unspecified atom stereocenters. The smallest absolute Gasteiger partial charge is 0.410 e. The summed E-state index contributed by atoms with van der Waals surface area (Å²) in [5.74, 6) is 0. The van der Waals surface area contributed by atoms with Gasteiger partial charge in [-0.15, -0.1) is 0 Å². The molecule has 0 radical (unpaired) electrons. The maximum absolute atomic E-state index is 12.6. The second-order valence-corrected chi connectivity index (χ2v) is 7.13. The molecule has 1 aromatic carbocycles. The molecule has 8 nitrogen and oxygen atoms in total. The number of unbranched alkanes of at least 4 members (excludes halogenated alkanes) is 1. The highest BCUT2D eigenvalue weighted by molar-refractivity contribution is 5.72. The Morgan fingerprint density at radius 1 is 1.41 bits per heavy atom. The molecule has 2 rings (SSSR count). The quantitative estimate of drug-likeness (QED) is 0.282. The van der Waals surface area contributed by atoms with E-state index in [1.807, 2.05) is 37.3 Å². The third-order valence-electron chi connectivity index (χ3n) is 5.20. The van der Waals surface area contributed by atoms with Gasteiger partial charge >= 0.3 is 6.09 Å². The van der Waals surface area contributed by atoms with Gasteiger partial charge < -0.3 is 15.6 Å². The Hall–Kier alpha value is -2.28. The average molecular weight is 375 g/mol. The lowest BCUT2D eigenvalue weighted by Crippen LogP contribution is -2.60. The molecule has 27 heavy (non-hydrogen) atoms. The van der Waals surface area contributed by atoms with Crippen LogP contribution in [0.1, 0.15) is 38.7 Å². The first kappa shape index (κ1) is 21.0. The molecule has 0 spiro atoms. The molecule has 148 valence electrons. The summed E-state index contributed by atoms with van der Waals surface area (Å²) < 4.78 is 5.64. The number of hydrogen-bond donors (Lipinski definition) is 2. The summed E-state index contributed by atoms with van der Waals surface area (Å²) >= 11 is 0. The Labute approximate surface area is 159 Å². The Morgan fingerprint density at radius 3 is 2.74 bits per heavy atom. The average Bonchev–Trinajstić information content (AvgIpc) is 2.92. The van der Waals surface area contributed by atoms with Crippen LogP contribution < -0.4 is 5.73 Å². The SMILES string of the molecule is CCC(O)[C@@]1(C)OC(=O)N(CCCCN=[N+]=[N-])[C@@H]1[C@H](N)Cc1ccccc1. The Balaban J connectivity index is 2.19. The maximum Gasteiger partial charge on any atom is 0.410 e. The van der Waals surface area contributed by atoms with Gasteiger partial charge in [0.05, 0.1) is 12.1 Å². The fourth-order valence-corrected chi connectivity index (χ4v) is 3.79. The second-order valence-electron chi connectivity index (χ2n) is 7.13. The fourth-order valence-electron chi connectivity index (χ4n) is 3.79. The number of nitrogens with two attached hydrogens (primary N) is 1. The first-order valence-corrected chi connectivity index (χ1v) is 9.42. The summed E-state index contributed by atoms with van der Waals surface area (Å²) in [6.07, 6.45) is 1.11. The van der Waals surface area contributed by atoms with Crippen LogP contribution in [0.4, 0.5) is 4.79 Å². The van der Waals surface area contributed by atoms with Gasteiger partial charge in [0.1, 0.15) is 0 Å². The highest BCUT2D eigenvalue weighted by atomic mass is 16.6. The molecule has 1 aliphatic rings. The van der Waals surface area contributed by atoms with Gasteiger partial charge in [0.25, 0.3) is 0 Å². The zero-order chi connectivity index (χ0) is 19.9. The number of carbonyl (C=O) groups excluding carboxylic acids is 1. The first-order chi connectivity index (χ1) is 12.9. The molecule has 1 saturated heterocycles. The van der Waals surface area contributed by atoms with Gasteiger partial charge in [-0.1, -0.05) is 42.4 Å². The van der Waals surface area contributed by atoms with Crippen LogP contribution in [0.3, 0.4) is 0 Å². The van der Waals surface area contributed by atoms with Crippen LogP contribution in [0.15, 0.2) is 35.4 Å². The van der Waals surface area contributed by atoms with Crippen molar-refractivity contribution in [1.82, 2.24) is 4.90 Å². The fraction of sp³-hybridized carbons (Fsp3) is 0.632. The van der Waals surface area contributed by atoms with Gasteiger partial charge in [-0.05, 0) is 43.7 Å². The number of rotatable bonds is 10. The topological polar surface area (TPSA) is 125 Å². The highest BCUT2D eigenvalue weighted by Crippen LogP contribution is 2.36. The highest BCUT2D eigenvalue weighted by Gasteiger charge is 2.56. The summed E-state index contributed by atoms with van der Waals surface area (Å²) in [5, 5.41) is 14.1. The van der Waals surface area contributed by atoms with Crippen LogP contribution >= 0.6 is 0 Å². The van der Waals surface area contributed by atoms with Gasteiger partial charge in [-0.3, -0.25) is 4.90 Å². The summed E-state index contributed by atoms with van der Waals surface area (Å²) in [7, 11) is 0. The van der Waals surface area contributed by atoms with E-state index in [-0.39, 0.29) is 6.04 Å². The van der Waals surface area contributed by atoms with Crippen LogP contribution in [0.25, 0.3) is 10.4 Å². The standard InChI is InChI=1S/C19H29N5O3/c1-3-16(25)19(2)17(15(20)13-14-9-5-4-6-10-14)24(18(26)27-19)12-8-7-11-22-23-21/h4-6,9-10,15-17,25H,3,7-8,11-13,20H2,1-2H3/t15-,16?,17-,19-/m1/s1. The minimum Gasteiger partial charge on any atom is -0.438 e. The van der Waals surface area contributed by atoms with Gasteiger partial charge in [0.2, 0.25) is 0 Å². The first-order valence-electron chi connectivity index (χ1n) is 9.42. The molecule has 0 aliphatic carbocycles. The number of hydrogen-bond acceptors (Lipinski definition) is 5. The van der Waals surface area contributed by atoms with Crippen molar-refractivity contribution in [3.63, 3.8) is 0 Å². The Bertz CT molecular complexity index is 665. The predicted molar refractivity (Wildman–Crippen MR) is 103 cm³/mol. The lowest BCUT2D eigenvalue weighted by atomic mass is 9.82. The number of ether oxygens (including phenoxy) is 1. The summed E-state index contributed by atoms with van der Waals surface area (Å²) in [5.41, 5.74) is 14.9. The van der Waals surface area contributed by atoms with Gasteiger partial charge in [0, 0.05) is 24.0 Å². The van der Waals surface area contributed by atoms with Crippen molar-refractivity contribution < 1.29 is 14.6 Å². The van der Waals surface area contributed by atoms with Crippen LogP contribution in [0.5, 0.6) is 0 Å². The maximum atomic E-state index is 12.6. The molecule has 0 saturated carbocycles. The molecular weight excluding hydrogens is 346 g/mol. The van der Waals surface area contributed by atoms with Gasteiger partial charge in [0.15, 0.2) is 5.60 Å². The molecule has 3 N–H and O–H groups in total. The second kappa shape index (κ2) is 9.60. The van der Waals surface area contributed by atoms with Crippen molar-refractivity contribution in [3.8, 4) is 0 Å². The van der Waals surface area contributed by atoms with E-state index in [4.69, 9.17) is 16.0 Å². The van der Waals surface area contributed by atoms with E-state index < -0.39 is 23.8 Å². The van der Waals surface area contributed by atoms with Crippen LogP contribution in [0, 0.1) is 0 Å². The number of aliphatic hydroxyl groups is 1. The zero-order valence-electron chi connectivity index (χ0n) is 16.0. The van der Waals surface area contributed by atoms with Gasteiger partial charge in [-0.25, -0.2) is 4.79 Å². The third kappa shape index (κ3) is 4.91. The monoisotopic (exact) mass is 375 g/mol. The minimum atomic E-state index is -1.06. The van der Waals surface area contributed by atoms with Crippen molar-refractivity contribution in [2.75, 3.05) is 13.1 Å². The number of aliphatic hydroxyl groups excluding tert-OH is 1. The molecule has 1 fully saturated rings. The van der Waals surface area contributed by atoms with Crippen molar-refractivity contribution in [1.29, 1.82) is 0 Å². The lowest BCUT2D eigenvalue weighted by Gasteiger charge is -2.38. The largest absolute Gasteiger partial charge is 0.438 e. The number of benzene rings is 1. The van der Waals surface area contributed by atoms with E-state index in [0.717, 1.165) is 5.56 Å². The van der Waals surface area contributed by atoms with E-state index in [0.29, 0.717) is 38.8 Å². The molecular formula is C19H29N5O3. The molecule has 1 heterocycles. The van der Waals surface area contributed by atoms with E-state index >= 15 is 0 Å². The van der Waals surface area contributed by atoms with Crippen LogP contribution in [-0.4, -0.2) is 53.0 Å². The van der Waals surface area contributed by atoms with E-state index in [1.54, 1.807) is 11.8 Å². The number of carbonyl (C=O) groups is 1. The normalized spacial score (nSPS) is 24.2. The molecule has 4 atom stereocenters. The summed E-state index contributed by atoms with van der Waals surface area (Å²) in [4.78, 5) is 16.9. The van der Waals surface area contributed by atoms with Gasteiger partial charge in [-0.2, -0.15) is 0 Å². The molecule has 0 aromatic heterocycles. The van der Waals surface area contributed by atoms with E-state index in [2.05, 4.69) is 10.0 Å². The Morgan fingerprint density at radius 2 is 2.11 bits per heavy atom. The van der Waals surface area contributed by atoms with Crippen LogP contribution in [0.2, 0.25) is 0 Å². The van der Waals surface area contributed by atoms with E-state index in [9.17, 15) is 9.90 Å². The number of nitrogens with zero attached hydrogens (tertiary/aromatic N) is 4. The third-order valence-corrected chi connectivity index (χ3v) is 5.20. The molecule has 8 heteroatoms. The molecule has 1 aliphatic heterocycles. The molecule has 1 amide bonds. The van der Waals surface area contributed by atoms with Crippen molar-refractivity contribution in [3.05, 3.63) is 46.3 Å². The van der Waals surface area contributed by atoms with E-state index in [1.165, 1.54) is 0 Å². The van der Waals surface area contributed by atoms with Crippen molar-refractivity contribution in [2.24, 2.45) is 10.8 Å². The number of amides is 1. The number of cyclic esters (lactones) is 1. The number of azide groups is 1. The minimum absolute atomic E-state index is 0.384. The van der Waals surface area contributed by atoms with Crippen LogP contribution in [-0.2, 0) is 11.2 Å². The van der Waals surface area contributed by atoms with Crippen molar-refractivity contribution in [2.45, 2.75) is 63.3 Å². The summed E-state index contributed by atoms with van der Waals surface area (Å²) in [6.45, 7) is 4.44. The predicted octanol–water partition coefficient (Wildman–Crippen LogP) is 3.00. The zero-order valence-corrected chi connectivity index (χ0v) is 16.0. The Kier molecular flexibility index (Phi) is 7.47. The van der Waals surface area contributed by atoms with Crippen molar-refractivity contribution >= 4 is 6.09 Å². The molecule has 0 bridgehead atoms. The lowest BCUT2D eigenvalue weighted by molar-refractivity contribution is -0.0655. The molecule has 1 aromatic rings.